The largest absolute Gasteiger partial charge is 0.507 e. The van der Waals surface area contributed by atoms with Gasteiger partial charge in [0.05, 0.1) is 11.1 Å². The maximum Gasteiger partial charge on any atom is 0.317 e. The molecule has 2 amide bonds. The van der Waals surface area contributed by atoms with Crippen LogP contribution in [0.1, 0.15) is 21.6 Å². The Labute approximate surface area is 126 Å². The Morgan fingerprint density at radius 1 is 1.41 bits per heavy atom. The second-order valence-electron chi connectivity index (χ2n) is 6.08. The molecule has 1 aromatic heterocycles. The zero-order valence-electron chi connectivity index (χ0n) is 12.1. The van der Waals surface area contributed by atoms with Gasteiger partial charge in [-0.15, -0.1) is 0 Å². The number of urea groups is 1. The Bertz CT molecular complexity index is 833. The van der Waals surface area contributed by atoms with Crippen molar-refractivity contribution < 1.29 is 14.7 Å². The van der Waals surface area contributed by atoms with Crippen LogP contribution in [0.5, 0.6) is 5.75 Å². The smallest absolute Gasteiger partial charge is 0.317 e. The van der Waals surface area contributed by atoms with Gasteiger partial charge in [-0.05, 0) is 30.2 Å². The van der Waals surface area contributed by atoms with Crippen LogP contribution in [0.4, 0.5) is 4.79 Å². The summed E-state index contributed by atoms with van der Waals surface area (Å²) in [6.07, 6.45) is 1.99. The Morgan fingerprint density at radius 2 is 2.23 bits per heavy atom. The van der Waals surface area contributed by atoms with E-state index in [1.54, 1.807) is 24.1 Å². The number of nitrogens with one attached hydrogen (secondary N) is 1. The molecule has 1 atom stereocenters. The molecule has 0 saturated carbocycles. The van der Waals surface area contributed by atoms with Crippen molar-refractivity contribution in [1.29, 1.82) is 0 Å². The third-order valence-electron chi connectivity index (χ3n) is 4.92. The van der Waals surface area contributed by atoms with Crippen molar-refractivity contribution in [2.45, 2.75) is 18.4 Å². The van der Waals surface area contributed by atoms with Crippen molar-refractivity contribution in [2.75, 3.05) is 13.6 Å². The molecule has 1 aliphatic carbocycles. The van der Waals surface area contributed by atoms with Crippen molar-refractivity contribution in [1.82, 2.24) is 15.2 Å². The van der Waals surface area contributed by atoms with E-state index in [1.165, 1.54) is 0 Å². The van der Waals surface area contributed by atoms with Gasteiger partial charge in [-0.25, -0.2) is 9.78 Å². The van der Waals surface area contributed by atoms with Gasteiger partial charge < -0.3 is 15.3 Å². The molecular formula is C16H15N3O3. The minimum Gasteiger partial charge on any atom is -0.507 e. The van der Waals surface area contributed by atoms with Crippen LogP contribution in [-0.4, -0.2) is 46.4 Å². The maximum atomic E-state index is 11.8. The third-order valence-corrected chi connectivity index (χ3v) is 4.92. The molecule has 2 aromatic rings. The normalized spacial score (nSPS) is 23.1. The molecule has 1 saturated heterocycles. The maximum absolute atomic E-state index is 11.8. The summed E-state index contributed by atoms with van der Waals surface area (Å²) < 4.78 is 0. The third kappa shape index (κ3) is 1.57. The van der Waals surface area contributed by atoms with Crippen LogP contribution in [0.25, 0.3) is 10.9 Å². The molecule has 1 fully saturated rings. The summed E-state index contributed by atoms with van der Waals surface area (Å²) in [5.41, 5.74) is 2.49. The quantitative estimate of drug-likeness (QED) is 0.776. The molecule has 1 aromatic carbocycles. The van der Waals surface area contributed by atoms with E-state index in [2.05, 4.69) is 10.3 Å². The number of nitrogens with zero attached hydrogens (tertiary/aromatic N) is 2. The number of likely N-dealkylation sites (N-methyl/N-ethyl adjacent to an activating group) is 1. The molecule has 1 unspecified atom stereocenters. The average molecular weight is 297 g/mol. The Hall–Kier alpha value is -2.63. The van der Waals surface area contributed by atoms with Crippen molar-refractivity contribution in [3.63, 3.8) is 0 Å². The van der Waals surface area contributed by atoms with Gasteiger partial charge in [-0.3, -0.25) is 4.79 Å². The summed E-state index contributed by atoms with van der Waals surface area (Å²) in [6, 6.07) is 5.15. The molecule has 1 spiro atoms. The second-order valence-corrected chi connectivity index (χ2v) is 6.08. The lowest BCUT2D eigenvalue weighted by Crippen LogP contribution is -2.45. The molecule has 2 N–H and O–H groups in total. The number of hydrogen-bond acceptors (Lipinski definition) is 4. The summed E-state index contributed by atoms with van der Waals surface area (Å²) in [5, 5.41) is 14.1. The highest BCUT2D eigenvalue weighted by atomic mass is 16.3. The van der Waals surface area contributed by atoms with Gasteiger partial charge in [0.15, 0.2) is 6.29 Å². The van der Waals surface area contributed by atoms with Crippen LogP contribution in [0.15, 0.2) is 18.2 Å². The number of amides is 2. The van der Waals surface area contributed by atoms with Crippen LogP contribution in [0, 0.1) is 0 Å². The number of aromatic nitrogens is 1. The van der Waals surface area contributed by atoms with Gasteiger partial charge in [0.1, 0.15) is 11.4 Å². The number of pyridine rings is 1. The SMILES string of the molecule is CN1C(=O)NCC12Cc1cc3nc(C=O)ccc3c(O)c1C2. The number of fused-ring (bicyclic) bond motifs is 2. The van der Waals surface area contributed by atoms with E-state index in [0.717, 1.165) is 11.1 Å². The predicted molar refractivity (Wildman–Crippen MR) is 80.1 cm³/mol. The minimum atomic E-state index is -0.318. The highest BCUT2D eigenvalue weighted by molar-refractivity contribution is 5.90. The van der Waals surface area contributed by atoms with Crippen molar-refractivity contribution in [2.24, 2.45) is 0 Å². The van der Waals surface area contributed by atoms with Gasteiger partial charge in [-0.2, -0.15) is 0 Å². The molecule has 2 heterocycles. The number of hydrogen-bond donors (Lipinski definition) is 2. The van der Waals surface area contributed by atoms with Crippen LogP contribution in [0.3, 0.4) is 0 Å². The number of aromatic hydroxyl groups is 1. The highest BCUT2D eigenvalue weighted by Gasteiger charge is 2.48. The van der Waals surface area contributed by atoms with Gasteiger partial charge >= 0.3 is 6.03 Å². The molecule has 6 heteroatoms. The first-order valence-corrected chi connectivity index (χ1v) is 7.15. The van der Waals surface area contributed by atoms with E-state index in [-0.39, 0.29) is 17.3 Å². The fourth-order valence-corrected chi connectivity index (χ4v) is 3.59. The van der Waals surface area contributed by atoms with Crippen molar-refractivity contribution in [3.8, 4) is 5.75 Å². The van der Waals surface area contributed by atoms with Crippen LogP contribution >= 0.6 is 0 Å². The zero-order valence-corrected chi connectivity index (χ0v) is 12.1. The monoisotopic (exact) mass is 297 g/mol. The Balaban J connectivity index is 1.87. The highest BCUT2D eigenvalue weighted by Crippen LogP contribution is 2.43. The lowest BCUT2D eigenvalue weighted by Gasteiger charge is -2.29. The molecule has 22 heavy (non-hydrogen) atoms. The number of carbonyl (C=O) groups is 2. The van der Waals surface area contributed by atoms with Gasteiger partial charge in [0.2, 0.25) is 0 Å². The molecular weight excluding hydrogens is 282 g/mol. The summed E-state index contributed by atoms with van der Waals surface area (Å²) >= 11 is 0. The lowest BCUT2D eigenvalue weighted by atomic mass is 9.96. The first-order chi connectivity index (χ1) is 10.5. The fraction of sp³-hybridized carbons (Fsp3) is 0.312. The molecule has 6 nitrogen and oxygen atoms in total. The number of phenolic OH excluding ortho intramolecular Hbond substituents is 1. The van der Waals surface area contributed by atoms with Crippen molar-refractivity contribution in [3.05, 3.63) is 35.0 Å². The molecule has 2 aliphatic rings. The zero-order chi connectivity index (χ0) is 15.5. The molecule has 0 bridgehead atoms. The number of benzene rings is 1. The van der Waals surface area contributed by atoms with Crippen LogP contribution in [0.2, 0.25) is 0 Å². The molecule has 0 radical (unpaired) electrons. The lowest BCUT2D eigenvalue weighted by molar-refractivity contribution is 0.111. The van der Waals surface area contributed by atoms with Gasteiger partial charge in [0, 0.05) is 31.0 Å². The first-order valence-electron chi connectivity index (χ1n) is 7.15. The molecule has 112 valence electrons. The first kappa shape index (κ1) is 13.1. The standard InChI is InChI=1S/C16H15N3O3/c1-19-15(22)17-8-16(19)5-9-4-13-11(14(21)12(9)6-16)3-2-10(7-20)18-13/h2-4,7,21H,5-6,8H2,1H3,(H,17,22). The summed E-state index contributed by atoms with van der Waals surface area (Å²) in [6.45, 7) is 0.569. The fourth-order valence-electron chi connectivity index (χ4n) is 3.59. The number of rotatable bonds is 1. The summed E-state index contributed by atoms with van der Waals surface area (Å²) in [5.74, 6) is 0.210. The van der Waals surface area contributed by atoms with E-state index in [4.69, 9.17) is 0 Å². The Morgan fingerprint density at radius 3 is 2.91 bits per heavy atom. The van der Waals surface area contributed by atoms with Crippen LogP contribution < -0.4 is 5.32 Å². The predicted octanol–water partition coefficient (Wildman–Crippen LogP) is 1.25. The van der Waals surface area contributed by atoms with E-state index in [9.17, 15) is 14.7 Å². The van der Waals surface area contributed by atoms with E-state index < -0.39 is 0 Å². The summed E-state index contributed by atoms with van der Waals surface area (Å²) in [7, 11) is 1.79. The topological polar surface area (TPSA) is 82.5 Å². The van der Waals surface area contributed by atoms with Crippen LogP contribution in [-0.2, 0) is 12.8 Å². The molecule has 4 rings (SSSR count). The van der Waals surface area contributed by atoms with Gasteiger partial charge in [0.25, 0.3) is 0 Å². The summed E-state index contributed by atoms with van der Waals surface area (Å²) in [4.78, 5) is 28.6. The minimum absolute atomic E-state index is 0.0850. The number of aldehydes is 1. The number of carbonyl (C=O) groups excluding carboxylic acids is 2. The van der Waals surface area contributed by atoms with E-state index >= 15 is 0 Å². The van der Waals surface area contributed by atoms with Crippen molar-refractivity contribution >= 4 is 23.2 Å². The molecule has 1 aliphatic heterocycles. The number of phenols is 1. The van der Waals surface area contributed by atoms with Gasteiger partial charge in [-0.1, -0.05) is 0 Å². The van der Waals surface area contributed by atoms with E-state index in [1.807, 2.05) is 6.07 Å². The average Bonchev–Trinajstić information content (AvgIpc) is 3.03. The van der Waals surface area contributed by atoms with E-state index in [0.29, 0.717) is 42.3 Å². The second kappa shape index (κ2) is 4.19. The Kier molecular flexibility index (Phi) is 2.49.